The molecule has 0 fully saturated rings. The van der Waals surface area contributed by atoms with Crippen molar-refractivity contribution in [2.45, 2.75) is 32.7 Å². The molecule has 0 spiro atoms. The molecular formula is C30H30N2O2. The standard InChI is InChI=1S/C30H30N2O2/c1-21-9-4-7-12-29(21)34-18-8-17-32-28-11-6-5-10-27(28)31-30(32)22(2)23-13-14-25-20-26(33-3)16-15-24(25)19-23/h4-7,9-16,19-20,22H,8,17-18H2,1-3H3. The Morgan fingerprint density at radius 3 is 2.50 bits per heavy atom. The normalized spacial score (nSPS) is 12.2. The third-order valence-electron chi connectivity index (χ3n) is 6.52. The molecule has 4 aromatic carbocycles. The largest absolute Gasteiger partial charge is 0.497 e. The van der Waals surface area contributed by atoms with Crippen molar-refractivity contribution in [3.8, 4) is 11.5 Å². The van der Waals surface area contributed by atoms with Gasteiger partial charge in [0.2, 0.25) is 0 Å². The van der Waals surface area contributed by atoms with Crippen molar-refractivity contribution in [2.24, 2.45) is 0 Å². The van der Waals surface area contributed by atoms with Crippen LogP contribution in [-0.4, -0.2) is 23.3 Å². The summed E-state index contributed by atoms with van der Waals surface area (Å²) in [6, 6.07) is 29.4. The monoisotopic (exact) mass is 450 g/mol. The topological polar surface area (TPSA) is 36.3 Å². The van der Waals surface area contributed by atoms with E-state index in [1.165, 1.54) is 27.4 Å². The lowest BCUT2D eigenvalue weighted by Gasteiger charge is -2.16. The molecule has 0 radical (unpaired) electrons. The summed E-state index contributed by atoms with van der Waals surface area (Å²) in [7, 11) is 1.70. The Hall–Kier alpha value is -3.79. The number of imidazole rings is 1. The molecule has 0 aliphatic heterocycles. The molecule has 0 saturated carbocycles. The predicted octanol–water partition coefficient (Wildman–Crippen LogP) is 7.13. The van der Waals surface area contributed by atoms with Gasteiger partial charge in [0, 0.05) is 12.5 Å². The predicted molar refractivity (Wildman–Crippen MR) is 139 cm³/mol. The Balaban J connectivity index is 1.41. The number of rotatable bonds is 8. The van der Waals surface area contributed by atoms with Crippen LogP contribution in [0.3, 0.4) is 0 Å². The smallest absolute Gasteiger partial charge is 0.122 e. The number of hydrogen-bond donors (Lipinski definition) is 0. The molecule has 0 aliphatic carbocycles. The van der Waals surface area contributed by atoms with Gasteiger partial charge in [-0.1, -0.05) is 61.5 Å². The zero-order valence-corrected chi connectivity index (χ0v) is 20.0. The van der Waals surface area contributed by atoms with Gasteiger partial charge >= 0.3 is 0 Å². The minimum absolute atomic E-state index is 0.163. The average Bonchev–Trinajstić information content (AvgIpc) is 3.25. The fourth-order valence-corrected chi connectivity index (χ4v) is 4.57. The first-order valence-corrected chi connectivity index (χ1v) is 11.9. The quantitative estimate of drug-likeness (QED) is 0.236. The highest BCUT2D eigenvalue weighted by molar-refractivity contribution is 5.85. The number of nitrogens with zero attached hydrogens (tertiary/aromatic N) is 2. The van der Waals surface area contributed by atoms with Gasteiger partial charge < -0.3 is 14.0 Å². The van der Waals surface area contributed by atoms with Crippen LogP contribution >= 0.6 is 0 Å². The molecule has 1 heterocycles. The highest BCUT2D eigenvalue weighted by Crippen LogP contribution is 2.31. The number of ether oxygens (including phenoxy) is 2. The van der Waals surface area contributed by atoms with Crippen LogP contribution in [0.25, 0.3) is 21.8 Å². The second-order valence-electron chi connectivity index (χ2n) is 8.77. The average molecular weight is 451 g/mol. The number of fused-ring (bicyclic) bond motifs is 2. The molecule has 34 heavy (non-hydrogen) atoms. The third kappa shape index (κ3) is 4.36. The second-order valence-corrected chi connectivity index (χ2v) is 8.77. The van der Waals surface area contributed by atoms with E-state index in [-0.39, 0.29) is 5.92 Å². The minimum atomic E-state index is 0.163. The first kappa shape index (κ1) is 22.0. The van der Waals surface area contributed by atoms with Gasteiger partial charge in [-0.15, -0.1) is 0 Å². The summed E-state index contributed by atoms with van der Waals surface area (Å²) >= 11 is 0. The van der Waals surface area contributed by atoms with Crippen LogP contribution in [0.4, 0.5) is 0 Å². The molecule has 1 aromatic heterocycles. The van der Waals surface area contributed by atoms with Gasteiger partial charge in [-0.25, -0.2) is 4.98 Å². The fourth-order valence-electron chi connectivity index (χ4n) is 4.57. The molecule has 0 amide bonds. The van der Waals surface area contributed by atoms with Crippen LogP contribution < -0.4 is 9.47 Å². The van der Waals surface area contributed by atoms with Crippen molar-refractivity contribution >= 4 is 21.8 Å². The molecular weight excluding hydrogens is 420 g/mol. The summed E-state index contributed by atoms with van der Waals surface area (Å²) in [6.07, 6.45) is 0.909. The number of aromatic nitrogens is 2. The molecule has 0 bridgehead atoms. The lowest BCUT2D eigenvalue weighted by Crippen LogP contribution is -2.11. The summed E-state index contributed by atoms with van der Waals surface area (Å²) in [4.78, 5) is 5.05. The lowest BCUT2D eigenvalue weighted by atomic mass is 9.97. The van der Waals surface area contributed by atoms with Gasteiger partial charge in [0.1, 0.15) is 17.3 Å². The third-order valence-corrected chi connectivity index (χ3v) is 6.52. The highest BCUT2D eigenvalue weighted by Gasteiger charge is 2.18. The number of hydrogen-bond acceptors (Lipinski definition) is 3. The number of aryl methyl sites for hydroxylation is 2. The molecule has 5 rings (SSSR count). The van der Waals surface area contributed by atoms with E-state index in [1.807, 2.05) is 24.3 Å². The van der Waals surface area contributed by atoms with E-state index in [0.717, 1.165) is 35.8 Å². The van der Waals surface area contributed by atoms with E-state index >= 15 is 0 Å². The molecule has 0 saturated heterocycles. The maximum Gasteiger partial charge on any atom is 0.122 e. The van der Waals surface area contributed by atoms with Crippen LogP contribution in [0.1, 0.15) is 36.2 Å². The maximum absolute atomic E-state index is 6.06. The minimum Gasteiger partial charge on any atom is -0.497 e. The van der Waals surface area contributed by atoms with Crippen molar-refractivity contribution < 1.29 is 9.47 Å². The summed E-state index contributed by atoms with van der Waals surface area (Å²) in [6.45, 7) is 5.85. The Morgan fingerprint density at radius 2 is 1.65 bits per heavy atom. The highest BCUT2D eigenvalue weighted by atomic mass is 16.5. The Kier molecular flexibility index (Phi) is 6.22. The fraction of sp³-hybridized carbons (Fsp3) is 0.233. The Bertz CT molecular complexity index is 1440. The van der Waals surface area contributed by atoms with Gasteiger partial charge in [0.15, 0.2) is 0 Å². The molecule has 4 heteroatoms. The number of methoxy groups -OCH3 is 1. The molecule has 0 N–H and O–H groups in total. The van der Waals surface area contributed by atoms with Crippen LogP contribution in [0.5, 0.6) is 11.5 Å². The number of para-hydroxylation sites is 3. The zero-order chi connectivity index (χ0) is 23.5. The Morgan fingerprint density at radius 1 is 0.882 bits per heavy atom. The van der Waals surface area contributed by atoms with E-state index < -0.39 is 0 Å². The second kappa shape index (κ2) is 9.60. The molecule has 172 valence electrons. The molecule has 1 atom stereocenters. The van der Waals surface area contributed by atoms with Gasteiger partial charge in [0.05, 0.1) is 24.8 Å². The summed E-state index contributed by atoms with van der Waals surface area (Å²) in [5.41, 5.74) is 4.63. The van der Waals surface area contributed by atoms with Crippen molar-refractivity contribution in [3.05, 3.63) is 102 Å². The first-order chi connectivity index (χ1) is 16.6. The van der Waals surface area contributed by atoms with Gasteiger partial charge in [-0.3, -0.25) is 0 Å². The Labute approximate surface area is 200 Å². The van der Waals surface area contributed by atoms with Crippen molar-refractivity contribution in [3.63, 3.8) is 0 Å². The van der Waals surface area contributed by atoms with Gasteiger partial charge in [-0.2, -0.15) is 0 Å². The molecule has 4 nitrogen and oxygen atoms in total. The van der Waals surface area contributed by atoms with Crippen LogP contribution in [0.15, 0.2) is 84.9 Å². The van der Waals surface area contributed by atoms with Crippen molar-refractivity contribution in [1.82, 2.24) is 9.55 Å². The van der Waals surface area contributed by atoms with E-state index in [2.05, 4.69) is 79.1 Å². The first-order valence-electron chi connectivity index (χ1n) is 11.9. The van der Waals surface area contributed by atoms with Gasteiger partial charge in [0.25, 0.3) is 0 Å². The van der Waals surface area contributed by atoms with Crippen LogP contribution in [0, 0.1) is 6.92 Å². The van der Waals surface area contributed by atoms with Gasteiger partial charge in [-0.05, 0) is 65.6 Å². The lowest BCUT2D eigenvalue weighted by molar-refractivity contribution is 0.299. The summed E-state index contributed by atoms with van der Waals surface area (Å²) < 4.78 is 13.8. The zero-order valence-electron chi connectivity index (χ0n) is 20.0. The van der Waals surface area contributed by atoms with Crippen LogP contribution in [-0.2, 0) is 6.54 Å². The maximum atomic E-state index is 6.06. The van der Waals surface area contributed by atoms with E-state index in [0.29, 0.717) is 6.61 Å². The molecule has 1 unspecified atom stereocenters. The molecule has 0 aliphatic rings. The van der Waals surface area contributed by atoms with Crippen LogP contribution in [0.2, 0.25) is 0 Å². The van der Waals surface area contributed by atoms with E-state index in [1.54, 1.807) is 7.11 Å². The van der Waals surface area contributed by atoms with E-state index in [4.69, 9.17) is 14.5 Å². The number of benzene rings is 4. The summed E-state index contributed by atoms with van der Waals surface area (Å²) in [5.74, 6) is 3.09. The SMILES string of the molecule is COc1ccc2cc(C(C)c3nc4ccccc4n3CCCOc3ccccc3C)ccc2c1. The molecule has 5 aromatic rings. The van der Waals surface area contributed by atoms with E-state index in [9.17, 15) is 0 Å². The summed E-state index contributed by atoms with van der Waals surface area (Å²) in [5, 5.41) is 2.39. The van der Waals surface area contributed by atoms with Crippen molar-refractivity contribution in [2.75, 3.05) is 13.7 Å². The van der Waals surface area contributed by atoms with Crippen molar-refractivity contribution in [1.29, 1.82) is 0 Å².